The Balaban J connectivity index is 2.23. The van der Waals surface area contributed by atoms with Crippen LogP contribution in [0.1, 0.15) is 0 Å². The second kappa shape index (κ2) is 5.84. The van der Waals surface area contributed by atoms with Crippen molar-refractivity contribution in [2.24, 2.45) is 0 Å². The molecule has 1 aromatic rings. The van der Waals surface area contributed by atoms with Gasteiger partial charge in [0.05, 0.1) is 12.1 Å². The fraction of sp³-hybridized carbons (Fsp3) is 0.455. The summed E-state index contributed by atoms with van der Waals surface area (Å²) < 4.78 is 46.1. The number of hydrogen-bond donors (Lipinski definition) is 2. The van der Waals surface area contributed by atoms with Gasteiger partial charge in [0, 0.05) is 24.7 Å². The Labute approximate surface area is 119 Å². The molecule has 1 aromatic carbocycles. The van der Waals surface area contributed by atoms with Crippen LogP contribution in [-0.2, 0) is 14.8 Å². The number of nitrogens with one attached hydrogen (secondary N) is 2. The molecule has 0 amide bonds. The lowest BCUT2D eigenvalue weighted by molar-refractivity contribution is 0.103. The molecule has 0 aliphatic carbocycles. The SMILES string of the molecule is CO[C@H]1CNCC1NS(=O)(=O)c1ccc(Br)cc1F. The Morgan fingerprint density at radius 3 is 2.84 bits per heavy atom. The first-order valence-electron chi connectivity index (χ1n) is 5.65. The van der Waals surface area contributed by atoms with Crippen LogP contribution in [0.2, 0.25) is 0 Å². The maximum Gasteiger partial charge on any atom is 0.243 e. The fourth-order valence-electron chi connectivity index (χ4n) is 1.98. The van der Waals surface area contributed by atoms with Crippen LogP contribution >= 0.6 is 15.9 Å². The van der Waals surface area contributed by atoms with Crippen molar-refractivity contribution in [2.45, 2.75) is 17.0 Å². The normalized spacial score (nSPS) is 23.7. The van der Waals surface area contributed by atoms with Crippen LogP contribution < -0.4 is 10.0 Å². The van der Waals surface area contributed by atoms with Crippen LogP contribution in [0.3, 0.4) is 0 Å². The summed E-state index contributed by atoms with van der Waals surface area (Å²) in [4.78, 5) is -0.363. The van der Waals surface area contributed by atoms with Gasteiger partial charge in [0.15, 0.2) is 0 Å². The van der Waals surface area contributed by atoms with E-state index in [1.807, 2.05) is 0 Å². The Morgan fingerprint density at radius 1 is 1.47 bits per heavy atom. The summed E-state index contributed by atoms with van der Waals surface area (Å²) in [6, 6.07) is 3.43. The van der Waals surface area contributed by atoms with Crippen LogP contribution in [0, 0.1) is 5.82 Å². The van der Waals surface area contributed by atoms with Gasteiger partial charge in [0.25, 0.3) is 0 Å². The summed E-state index contributed by atoms with van der Waals surface area (Å²) >= 11 is 3.09. The number of hydrogen-bond acceptors (Lipinski definition) is 4. The van der Waals surface area contributed by atoms with Crippen molar-refractivity contribution in [3.8, 4) is 0 Å². The molecule has 2 N–H and O–H groups in total. The van der Waals surface area contributed by atoms with Gasteiger partial charge in [0.2, 0.25) is 10.0 Å². The monoisotopic (exact) mass is 352 g/mol. The largest absolute Gasteiger partial charge is 0.378 e. The number of benzene rings is 1. The summed E-state index contributed by atoms with van der Waals surface area (Å²) in [5.74, 6) is -0.790. The Hall–Kier alpha value is -0.540. The lowest BCUT2D eigenvalue weighted by atomic mass is 10.2. The molecule has 0 radical (unpaired) electrons. The van der Waals surface area contributed by atoms with Gasteiger partial charge in [-0.2, -0.15) is 0 Å². The number of ether oxygens (including phenoxy) is 1. The minimum atomic E-state index is -3.90. The molecule has 2 rings (SSSR count). The van der Waals surface area contributed by atoms with E-state index in [1.54, 1.807) is 0 Å². The van der Waals surface area contributed by atoms with Gasteiger partial charge in [-0.1, -0.05) is 15.9 Å². The third-order valence-corrected chi connectivity index (χ3v) is 4.97. The predicted octanol–water partition coefficient (Wildman–Crippen LogP) is 0.853. The summed E-state index contributed by atoms with van der Waals surface area (Å²) in [5, 5.41) is 3.02. The van der Waals surface area contributed by atoms with Crippen LogP contribution in [-0.4, -0.2) is 40.8 Å². The number of sulfonamides is 1. The van der Waals surface area contributed by atoms with Crippen molar-refractivity contribution in [3.05, 3.63) is 28.5 Å². The van der Waals surface area contributed by atoms with Crippen molar-refractivity contribution in [3.63, 3.8) is 0 Å². The third-order valence-electron chi connectivity index (χ3n) is 2.95. The smallest absolute Gasteiger partial charge is 0.243 e. The minimum absolute atomic E-state index is 0.256. The summed E-state index contributed by atoms with van der Waals surface area (Å²) in [6.07, 6.45) is -0.256. The maximum atomic E-state index is 13.7. The quantitative estimate of drug-likeness (QED) is 0.843. The first kappa shape index (κ1) is 14.9. The molecule has 1 aliphatic heterocycles. The second-order valence-electron chi connectivity index (χ2n) is 4.23. The van der Waals surface area contributed by atoms with E-state index >= 15 is 0 Å². The molecule has 0 saturated carbocycles. The Bertz CT molecular complexity index is 567. The molecule has 0 bridgehead atoms. The first-order chi connectivity index (χ1) is 8.94. The zero-order chi connectivity index (χ0) is 14.0. The molecule has 1 unspecified atom stereocenters. The van der Waals surface area contributed by atoms with Gasteiger partial charge < -0.3 is 10.1 Å². The summed E-state index contributed by atoms with van der Waals surface area (Å²) in [5.41, 5.74) is 0. The van der Waals surface area contributed by atoms with Crippen LogP contribution in [0.25, 0.3) is 0 Å². The van der Waals surface area contributed by atoms with E-state index in [-0.39, 0.29) is 11.0 Å². The van der Waals surface area contributed by atoms with Gasteiger partial charge in [-0.05, 0) is 18.2 Å². The lowest BCUT2D eigenvalue weighted by Crippen LogP contribution is -2.43. The Kier molecular flexibility index (Phi) is 4.57. The highest BCUT2D eigenvalue weighted by atomic mass is 79.9. The highest BCUT2D eigenvalue weighted by Gasteiger charge is 2.32. The molecule has 19 heavy (non-hydrogen) atoms. The fourth-order valence-corrected chi connectivity index (χ4v) is 3.63. The lowest BCUT2D eigenvalue weighted by Gasteiger charge is -2.18. The maximum absolute atomic E-state index is 13.7. The number of rotatable bonds is 4. The molecular weight excluding hydrogens is 339 g/mol. The molecule has 106 valence electrons. The predicted molar refractivity (Wildman–Crippen MR) is 71.9 cm³/mol. The van der Waals surface area contributed by atoms with E-state index in [0.717, 1.165) is 6.07 Å². The average molecular weight is 353 g/mol. The van der Waals surface area contributed by atoms with Gasteiger partial charge in [0.1, 0.15) is 10.7 Å². The standard InChI is InChI=1S/C11H14BrFN2O3S/c1-18-10-6-14-5-9(10)15-19(16,17)11-3-2-7(12)4-8(11)13/h2-4,9-10,14-15H,5-6H2,1H3/t9?,10-/m0/s1. The second-order valence-corrected chi connectivity index (χ2v) is 6.83. The molecule has 1 fully saturated rings. The highest BCUT2D eigenvalue weighted by Crippen LogP contribution is 2.20. The van der Waals surface area contributed by atoms with E-state index < -0.39 is 21.9 Å². The van der Waals surface area contributed by atoms with Crippen LogP contribution in [0.15, 0.2) is 27.6 Å². The molecule has 2 atom stereocenters. The van der Waals surface area contributed by atoms with Gasteiger partial charge in [-0.25, -0.2) is 17.5 Å². The first-order valence-corrected chi connectivity index (χ1v) is 7.92. The van der Waals surface area contributed by atoms with E-state index in [9.17, 15) is 12.8 Å². The van der Waals surface area contributed by atoms with Crippen molar-refractivity contribution in [1.29, 1.82) is 0 Å². The van der Waals surface area contributed by atoms with Crippen molar-refractivity contribution >= 4 is 26.0 Å². The average Bonchev–Trinajstić information content (AvgIpc) is 2.74. The molecule has 8 heteroatoms. The van der Waals surface area contributed by atoms with Gasteiger partial charge in [-0.3, -0.25) is 0 Å². The topological polar surface area (TPSA) is 67.4 Å². The van der Waals surface area contributed by atoms with Crippen LogP contribution in [0.5, 0.6) is 0 Å². The van der Waals surface area contributed by atoms with Gasteiger partial charge >= 0.3 is 0 Å². The third kappa shape index (κ3) is 3.32. The highest BCUT2D eigenvalue weighted by molar-refractivity contribution is 9.10. The molecule has 1 saturated heterocycles. The zero-order valence-corrected chi connectivity index (χ0v) is 12.6. The van der Waals surface area contributed by atoms with Gasteiger partial charge in [-0.15, -0.1) is 0 Å². The molecule has 5 nitrogen and oxygen atoms in total. The van der Waals surface area contributed by atoms with Crippen molar-refractivity contribution in [1.82, 2.24) is 10.0 Å². The van der Waals surface area contributed by atoms with Crippen molar-refractivity contribution < 1.29 is 17.5 Å². The van der Waals surface area contributed by atoms with E-state index in [1.165, 1.54) is 19.2 Å². The molecule has 1 heterocycles. The molecule has 1 aliphatic rings. The minimum Gasteiger partial charge on any atom is -0.378 e. The van der Waals surface area contributed by atoms with Crippen LogP contribution in [0.4, 0.5) is 4.39 Å². The van der Waals surface area contributed by atoms with Crippen molar-refractivity contribution in [2.75, 3.05) is 20.2 Å². The number of methoxy groups -OCH3 is 1. The molecule has 0 spiro atoms. The number of halogens is 2. The molecule has 0 aromatic heterocycles. The molecular formula is C11H14BrFN2O3S. The van der Waals surface area contributed by atoms with E-state index in [4.69, 9.17) is 4.74 Å². The Morgan fingerprint density at radius 2 is 2.21 bits per heavy atom. The van der Waals surface area contributed by atoms with E-state index in [2.05, 4.69) is 26.0 Å². The summed E-state index contributed by atoms with van der Waals surface area (Å²) in [7, 11) is -2.39. The zero-order valence-electron chi connectivity index (χ0n) is 10.2. The summed E-state index contributed by atoms with van der Waals surface area (Å²) in [6.45, 7) is 1.02. The van der Waals surface area contributed by atoms with E-state index in [0.29, 0.717) is 17.6 Å².